The Morgan fingerprint density at radius 1 is 1.30 bits per heavy atom. The van der Waals surface area contributed by atoms with E-state index in [1.54, 1.807) is 0 Å². The number of carbonyl (C=O) groups is 1. The number of morpholine rings is 1. The number of halogens is 2. The molecule has 0 spiro atoms. The van der Waals surface area contributed by atoms with E-state index in [0.717, 1.165) is 24.7 Å². The van der Waals surface area contributed by atoms with Gasteiger partial charge in [0.05, 0.1) is 36.1 Å². The number of ether oxygens (including phenoxy) is 1. The van der Waals surface area contributed by atoms with Gasteiger partial charge in [0, 0.05) is 25.0 Å². The lowest BCUT2D eigenvalue weighted by atomic mass is 10.1. The van der Waals surface area contributed by atoms with Gasteiger partial charge in [-0.05, 0) is 35.9 Å². The third kappa shape index (κ3) is 4.66. The van der Waals surface area contributed by atoms with Gasteiger partial charge in [0.2, 0.25) is 0 Å². The van der Waals surface area contributed by atoms with Crippen molar-refractivity contribution in [3.8, 4) is 11.8 Å². The van der Waals surface area contributed by atoms with Gasteiger partial charge in [-0.25, -0.2) is 9.07 Å². The third-order valence-electron chi connectivity index (χ3n) is 4.64. The molecule has 1 aromatic heterocycles. The Morgan fingerprint density at radius 3 is 2.77 bits per heavy atom. The molecule has 1 saturated heterocycles. The quantitative estimate of drug-likeness (QED) is 0.667. The highest BCUT2D eigenvalue weighted by molar-refractivity contribution is 6.04. The van der Waals surface area contributed by atoms with Crippen LogP contribution in [0.4, 0.5) is 10.1 Å². The van der Waals surface area contributed by atoms with Crippen molar-refractivity contribution < 1.29 is 13.9 Å². The molecule has 1 aliphatic rings. The minimum Gasteiger partial charge on any atom is -0.371 e. The van der Waals surface area contributed by atoms with Crippen LogP contribution >= 0.6 is 12.4 Å². The van der Waals surface area contributed by atoms with Crippen molar-refractivity contribution in [1.82, 2.24) is 15.1 Å². The Kier molecular flexibility index (Phi) is 6.79. The Balaban J connectivity index is 0.00000256. The summed E-state index contributed by atoms with van der Waals surface area (Å²) in [6.07, 6.45) is 2.81. The van der Waals surface area contributed by atoms with Crippen molar-refractivity contribution >= 4 is 24.0 Å². The molecule has 1 amide bonds. The molecule has 4 rings (SSSR count). The minimum absolute atomic E-state index is 0. The topological polar surface area (TPSA) is 92.0 Å². The number of hydrogen-bond donors (Lipinski definition) is 2. The van der Waals surface area contributed by atoms with Gasteiger partial charge in [-0.15, -0.1) is 12.4 Å². The van der Waals surface area contributed by atoms with E-state index in [1.807, 2.05) is 30.3 Å². The summed E-state index contributed by atoms with van der Waals surface area (Å²) in [6.45, 7) is 2.29. The van der Waals surface area contributed by atoms with Crippen LogP contribution in [0.2, 0.25) is 0 Å². The largest absolute Gasteiger partial charge is 0.371 e. The Morgan fingerprint density at radius 2 is 2.10 bits per heavy atom. The molecule has 1 atom stereocenters. The first-order valence-electron chi connectivity index (χ1n) is 9.12. The highest BCUT2D eigenvalue weighted by atomic mass is 35.5. The van der Waals surface area contributed by atoms with Crippen molar-refractivity contribution in [2.24, 2.45) is 0 Å². The lowest BCUT2D eigenvalue weighted by Crippen LogP contribution is -2.33. The van der Waals surface area contributed by atoms with Gasteiger partial charge in [0.1, 0.15) is 11.5 Å². The fourth-order valence-corrected chi connectivity index (χ4v) is 3.10. The Hall–Kier alpha value is -3.25. The van der Waals surface area contributed by atoms with Crippen LogP contribution in [0.15, 0.2) is 54.9 Å². The van der Waals surface area contributed by atoms with Gasteiger partial charge in [-0.2, -0.15) is 10.4 Å². The van der Waals surface area contributed by atoms with Crippen molar-refractivity contribution in [1.29, 1.82) is 5.26 Å². The van der Waals surface area contributed by atoms with Crippen molar-refractivity contribution in [2.75, 3.05) is 25.0 Å². The number of nitrogens with zero attached hydrogens (tertiary/aromatic N) is 3. The molecule has 1 fully saturated rings. The molecule has 2 heterocycles. The van der Waals surface area contributed by atoms with Crippen LogP contribution in [-0.2, 0) is 4.74 Å². The van der Waals surface area contributed by atoms with Gasteiger partial charge < -0.3 is 15.4 Å². The van der Waals surface area contributed by atoms with E-state index in [1.165, 1.54) is 29.2 Å². The fraction of sp³-hybridized carbons (Fsp3) is 0.190. The van der Waals surface area contributed by atoms with Crippen molar-refractivity contribution in [2.45, 2.75) is 6.10 Å². The molecule has 154 valence electrons. The van der Waals surface area contributed by atoms with Crippen molar-refractivity contribution in [3.05, 3.63) is 77.4 Å². The first kappa shape index (κ1) is 21.5. The van der Waals surface area contributed by atoms with Crippen LogP contribution in [0, 0.1) is 17.1 Å². The van der Waals surface area contributed by atoms with Gasteiger partial charge in [-0.1, -0.05) is 12.1 Å². The van der Waals surface area contributed by atoms with Gasteiger partial charge >= 0.3 is 0 Å². The predicted molar refractivity (Wildman–Crippen MR) is 111 cm³/mol. The first-order chi connectivity index (χ1) is 14.1. The van der Waals surface area contributed by atoms with E-state index >= 15 is 0 Å². The maximum absolute atomic E-state index is 14.1. The van der Waals surface area contributed by atoms with Crippen LogP contribution in [0.5, 0.6) is 0 Å². The lowest BCUT2D eigenvalue weighted by molar-refractivity contribution is 0.0277. The molecule has 3 aromatic rings. The van der Waals surface area contributed by atoms with Gasteiger partial charge in [-0.3, -0.25) is 4.79 Å². The third-order valence-corrected chi connectivity index (χ3v) is 4.64. The van der Waals surface area contributed by atoms with E-state index in [-0.39, 0.29) is 41.2 Å². The average molecular weight is 428 g/mol. The molecule has 9 heteroatoms. The SMILES string of the molecule is Cl.N#Cc1ccc(-n2cc(C(=O)Nc3ccc([C@@H]4CNCCO4)cc3)cn2)c(F)c1. The fourth-order valence-electron chi connectivity index (χ4n) is 3.10. The van der Waals surface area contributed by atoms with Crippen LogP contribution in [0.25, 0.3) is 5.69 Å². The number of amides is 1. The zero-order chi connectivity index (χ0) is 20.2. The molecule has 0 unspecified atom stereocenters. The molecule has 0 saturated carbocycles. The van der Waals surface area contributed by atoms with Gasteiger partial charge in [0.15, 0.2) is 0 Å². The maximum Gasteiger partial charge on any atom is 0.258 e. The van der Waals surface area contributed by atoms with Gasteiger partial charge in [0.25, 0.3) is 5.91 Å². The number of anilines is 1. The average Bonchev–Trinajstić information content (AvgIpc) is 3.25. The summed E-state index contributed by atoms with van der Waals surface area (Å²) in [5.74, 6) is -0.942. The number of rotatable bonds is 4. The molecule has 0 aliphatic carbocycles. The normalized spacial score (nSPS) is 15.7. The second-order valence-corrected chi connectivity index (χ2v) is 6.59. The second-order valence-electron chi connectivity index (χ2n) is 6.59. The monoisotopic (exact) mass is 427 g/mol. The summed E-state index contributed by atoms with van der Waals surface area (Å²) in [4.78, 5) is 12.5. The van der Waals surface area contributed by atoms with E-state index in [0.29, 0.717) is 12.3 Å². The standard InChI is InChI=1S/C21H18FN5O2.ClH/c22-18-9-14(10-23)1-6-19(18)27-13-16(11-25-27)21(28)26-17-4-2-15(3-5-17)20-12-24-7-8-29-20;/h1-6,9,11,13,20,24H,7-8,12H2,(H,26,28);1H/t20-;/m0./s1. The lowest BCUT2D eigenvalue weighted by Gasteiger charge is -2.24. The Labute approximate surface area is 178 Å². The highest BCUT2D eigenvalue weighted by Crippen LogP contribution is 2.21. The zero-order valence-electron chi connectivity index (χ0n) is 15.8. The summed E-state index contributed by atoms with van der Waals surface area (Å²) in [6, 6.07) is 13.4. The molecule has 7 nitrogen and oxygen atoms in total. The molecule has 0 bridgehead atoms. The summed E-state index contributed by atoms with van der Waals surface area (Å²) in [5.41, 5.74) is 2.35. The number of nitrogens with one attached hydrogen (secondary N) is 2. The minimum atomic E-state index is -0.589. The van der Waals surface area contributed by atoms with Crippen LogP contribution in [0.1, 0.15) is 27.6 Å². The summed E-state index contributed by atoms with van der Waals surface area (Å²) in [5, 5.41) is 19.0. The number of hydrogen-bond acceptors (Lipinski definition) is 5. The Bertz CT molecular complexity index is 1070. The van der Waals surface area contributed by atoms with Crippen molar-refractivity contribution in [3.63, 3.8) is 0 Å². The van der Waals surface area contributed by atoms with Crippen LogP contribution < -0.4 is 10.6 Å². The summed E-state index contributed by atoms with van der Waals surface area (Å²) < 4.78 is 21.1. The van der Waals surface area contributed by atoms with Crippen LogP contribution in [0.3, 0.4) is 0 Å². The molecule has 30 heavy (non-hydrogen) atoms. The van der Waals surface area contributed by atoms with E-state index in [9.17, 15) is 9.18 Å². The molecular formula is C21H19ClFN5O2. The zero-order valence-corrected chi connectivity index (χ0v) is 16.7. The molecular weight excluding hydrogens is 409 g/mol. The smallest absolute Gasteiger partial charge is 0.258 e. The predicted octanol–water partition coefficient (Wildman–Crippen LogP) is 3.22. The highest BCUT2D eigenvalue weighted by Gasteiger charge is 2.16. The number of nitriles is 1. The van der Waals surface area contributed by atoms with Crippen LogP contribution in [-0.4, -0.2) is 35.4 Å². The first-order valence-corrected chi connectivity index (χ1v) is 9.12. The van der Waals surface area contributed by atoms with E-state index in [4.69, 9.17) is 10.00 Å². The molecule has 0 radical (unpaired) electrons. The molecule has 2 N–H and O–H groups in total. The number of aromatic nitrogens is 2. The molecule has 2 aromatic carbocycles. The maximum atomic E-state index is 14.1. The number of carbonyl (C=O) groups excluding carboxylic acids is 1. The summed E-state index contributed by atoms with van der Waals surface area (Å²) >= 11 is 0. The second kappa shape index (κ2) is 9.50. The number of benzene rings is 2. The summed E-state index contributed by atoms with van der Waals surface area (Å²) in [7, 11) is 0. The van der Waals surface area contributed by atoms with E-state index < -0.39 is 5.82 Å². The molecule has 1 aliphatic heterocycles. The van der Waals surface area contributed by atoms with E-state index in [2.05, 4.69) is 15.7 Å².